The molecule has 0 unspecified atom stereocenters. The Bertz CT molecular complexity index is 745. The zero-order valence-electron chi connectivity index (χ0n) is 11.9. The molecule has 6 heteroatoms. The van der Waals surface area contributed by atoms with Crippen LogP contribution in [0.5, 0.6) is 0 Å². The largest absolute Gasteiger partial charge is 0.316 e. The second-order valence-electron chi connectivity index (χ2n) is 4.71. The monoisotopic (exact) mass is 308 g/mol. The molecule has 0 aromatic heterocycles. The molecule has 0 aliphatic rings. The fraction of sp³-hybridized carbons (Fsp3) is 0.200. The van der Waals surface area contributed by atoms with Crippen LogP contribution >= 0.6 is 0 Å². The van der Waals surface area contributed by atoms with E-state index in [9.17, 15) is 12.8 Å². The van der Waals surface area contributed by atoms with Gasteiger partial charge in [-0.1, -0.05) is 24.3 Å². The van der Waals surface area contributed by atoms with Crippen LogP contribution in [0.3, 0.4) is 0 Å². The minimum atomic E-state index is -3.75. The molecule has 112 valence electrons. The topological polar surface area (TPSA) is 58.2 Å². The number of sulfonamides is 1. The highest BCUT2D eigenvalue weighted by atomic mass is 32.2. The van der Waals surface area contributed by atoms with Gasteiger partial charge in [0.2, 0.25) is 0 Å². The van der Waals surface area contributed by atoms with E-state index in [1.165, 1.54) is 24.3 Å². The van der Waals surface area contributed by atoms with Crippen molar-refractivity contribution in [3.8, 4) is 0 Å². The van der Waals surface area contributed by atoms with Gasteiger partial charge in [0, 0.05) is 6.54 Å². The summed E-state index contributed by atoms with van der Waals surface area (Å²) in [6.45, 7) is 2.05. The maximum atomic E-state index is 13.5. The average molecular weight is 308 g/mol. The molecule has 2 aromatic rings. The first kappa shape index (κ1) is 15.5. The number of benzene rings is 2. The number of aryl methyl sites for hydroxylation is 1. The Labute approximate surface area is 124 Å². The van der Waals surface area contributed by atoms with Crippen LogP contribution < -0.4 is 10.0 Å². The third kappa shape index (κ3) is 3.59. The fourth-order valence-corrected chi connectivity index (χ4v) is 3.26. The SMILES string of the molecule is CNCc1ccccc1S(=O)(=O)Nc1ccc(C)c(F)c1. The number of hydrogen-bond acceptors (Lipinski definition) is 3. The summed E-state index contributed by atoms with van der Waals surface area (Å²) < 4.78 is 40.8. The van der Waals surface area contributed by atoms with Gasteiger partial charge in [-0.25, -0.2) is 12.8 Å². The molecule has 0 aliphatic heterocycles. The Morgan fingerprint density at radius 1 is 1.14 bits per heavy atom. The van der Waals surface area contributed by atoms with Gasteiger partial charge in [0.05, 0.1) is 10.6 Å². The number of nitrogens with one attached hydrogen (secondary N) is 2. The molecule has 0 heterocycles. The quantitative estimate of drug-likeness (QED) is 0.893. The number of anilines is 1. The molecule has 0 spiro atoms. The fourth-order valence-electron chi connectivity index (χ4n) is 1.97. The Hall–Kier alpha value is -1.92. The normalized spacial score (nSPS) is 11.4. The Morgan fingerprint density at radius 3 is 2.52 bits per heavy atom. The first-order valence-electron chi connectivity index (χ1n) is 6.45. The summed E-state index contributed by atoms with van der Waals surface area (Å²) >= 11 is 0. The molecule has 0 saturated carbocycles. The standard InChI is InChI=1S/C15H17FN2O2S/c1-11-7-8-13(9-14(11)16)18-21(19,20)15-6-4-3-5-12(15)10-17-2/h3-9,17-18H,10H2,1-2H3. The van der Waals surface area contributed by atoms with Gasteiger partial charge in [-0.3, -0.25) is 4.72 Å². The summed E-state index contributed by atoms with van der Waals surface area (Å²) in [5, 5.41) is 2.92. The second-order valence-corrected chi connectivity index (χ2v) is 6.36. The summed E-state index contributed by atoms with van der Waals surface area (Å²) in [6, 6.07) is 10.9. The molecule has 0 aliphatic carbocycles. The maximum absolute atomic E-state index is 13.5. The van der Waals surface area contributed by atoms with E-state index in [4.69, 9.17) is 0 Å². The van der Waals surface area contributed by atoms with Gasteiger partial charge in [0.25, 0.3) is 10.0 Å². The lowest BCUT2D eigenvalue weighted by Crippen LogP contribution is -2.17. The van der Waals surface area contributed by atoms with Crippen LogP contribution in [0.1, 0.15) is 11.1 Å². The first-order valence-corrected chi connectivity index (χ1v) is 7.94. The number of hydrogen-bond donors (Lipinski definition) is 2. The summed E-state index contributed by atoms with van der Waals surface area (Å²) in [7, 11) is -2.01. The van der Waals surface area contributed by atoms with E-state index in [-0.39, 0.29) is 10.6 Å². The predicted molar refractivity (Wildman–Crippen MR) is 81.2 cm³/mol. The van der Waals surface area contributed by atoms with Crippen LogP contribution in [-0.4, -0.2) is 15.5 Å². The molecule has 0 saturated heterocycles. The molecule has 21 heavy (non-hydrogen) atoms. The van der Waals surface area contributed by atoms with Crippen molar-refractivity contribution < 1.29 is 12.8 Å². The van der Waals surface area contributed by atoms with Crippen molar-refractivity contribution in [2.24, 2.45) is 0 Å². The molecule has 2 N–H and O–H groups in total. The summed E-state index contributed by atoms with van der Waals surface area (Å²) in [6.07, 6.45) is 0. The van der Waals surface area contributed by atoms with Crippen molar-refractivity contribution in [2.45, 2.75) is 18.4 Å². The molecule has 0 amide bonds. The molecule has 2 aromatic carbocycles. The second kappa shape index (κ2) is 6.24. The smallest absolute Gasteiger partial charge is 0.262 e. The van der Waals surface area contributed by atoms with Crippen molar-refractivity contribution in [1.29, 1.82) is 0 Å². The summed E-state index contributed by atoms with van der Waals surface area (Å²) in [5.41, 5.74) is 1.32. The van der Waals surface area contributed by atoms with E-state index in [2.05, 4.69) is 10.0 Å². The third-order valence-electron chi connectivity index (χ3n) is 3.05. The van der Waals surface area contributed by atoms with Crippen LogP contribution in [0.2, 0.25) is 0 Å². The van der Waals surface area contributed by atoms with Crippen molar-refractivity contribution in [3.05, 3.63) is 59.4 Å². The Balaban J connectivity index is 2.36. The first-order chi connectivity index (χ1) is 9.94. The molecular weight excluding hydrogens is 291 g/mol. The minimum Gasteiger partial charge on any atom is -0.316 e. The van der Waals surface area contributed by atoms with Gasteiger partial charge >= 0.3 is 0 Å². The van der Waals surface area contributed by atoms with Crippen LogP contribution in [0.4, 0.5) is 10.1 Å². The number of halogens is 1. The zero-order valence-corrected chi connectivity index (χ0v) is 12.7. The average Bonchev–Trinajstić information content (AvgIpc) is 2.43. The lowest BCUT2D eigenvalue weighted by Gasteiger charge is -2.12. The van der Waals surface area contributed by atoms with Gasteiger partial charge in [-0.15, -0.1) is 0 Å². The van der Waals surface area contributed by atoms with Gasteiger partial charge in [-0.2, -0.15) is 0 Å². The van der Waals surface area contributed by atoms with E-state index < -0.39 is 15.8 Å². The highest BCUT2D eigenvalue weighted by Gasteiger charge is 2.18. The molecule has 0 fully saturated rings. The van der Waals surface area contributed by atoms with E-state index in [1.54, 1.807) is 32.2 Å². The van der Waals surface area contributed by atoms with E-state index >= 15 is 0 Å². The Kier molecular flexibility index (Phi) is 4.59. The number of rotatable bonds is 5. The van der Waals surface area contributed by atoms with Gasteiger partial charge < -0.3 is 5.32 Å². The van der Waals surface area contributed by atoms with Crippen LogP contribution in [0.25, 0.3) is 0 Å². The van der Waals surface area contributed by atoms with E-state index in [0.717, 1.165) is 0 Å². The summed E-state index contributed by atoms with van der Waals surface area (Å²) in [4.78, 5) is 0.181. The van der Waals surface area contributed by atoms with Crippen molar-refractivity contribution >= 4 is 15.7 Å². The van der Waals surface area contributed by atoms with Crippen LogP contribution in [0, 0.1) is 12.7 Å². The van der Waals surface area contributed by atoms with Crippen molar-refractivity contribution in [1.82, 2.24) is 5.32 Å². The van der Waals surface area contributed by atoms with Crippen LogP contribution in [0.15, 0.2) is 47.4 Å². The molecule has 0 radical (unpaired) electrons. The Morgan fingerprint density at radius 2 is 1.86 bits per heavy atom. The van der Waals surface area contributed by atoms with Crippen molar-refractivity contribution in [3.63, 3.8) is 0 Å². The predicted octanol–water partition coefficient (Wildman–Crippen LogP) is 2.65. The minimum absolute atomic E-state index is 0.181. The van der Waals surface area contributed by atoms with Gasteiger partial charge in [0.1, 0.15) is 5.82 Å². The van der Waals surface area contributed by atoms with E-state index in [0.29, 0.717) is 17.7 Å². The van der Waals surface area contributed by atoms with Crippen molar-refractivity contribution in [2.75, 3.05) is 11.8 Å². The third-order valence-corrected chi connectivity index (χ3v) is 4.54. The lowest BCUT2D eigenvalue weighted by atomic mass is 10.2. The van der Waals surface area contributed by atoms with Gasteiger partial charge in [-0.05, 0) is 43.3 Å². The van der Waals surface area contributed by atoms with E-state index in [1.807, 2.05) is 0 Å². The highest BCUT2D eigenvalue weighted by Crippen LogP contribution is 2.21. The van der Waals surface area contributed by atoms with Gasteiger partial charge in [0.15, 0.2) is 0 Å². The molecule has 4 nitrogen and oxygen atoms in total. The molecule has 0 atom stereocenters. The van der Waals surface area contributed by atoms with Crippen LogP contribution in [-0.2, 0) is 16.6 Å². The highest BCUT2D eigenvalue weighted by molar-refractivity contribution is 7.92. The molecule has 0 bridgehead atoms. The summed E-state index contributed by atoms with van der Waals surface area (Å²) in [5.74, 6) is -0.446. The zero-order chi connectivity index (χ0) is 15.5. The molecular formula is C15H17FN2O2S. The maximum Gasteiger partial charge on any atom is 0.262 e. The molecule has 2 rings (SSSR count). The lowest BCUT2D eigenvalue weighted by molar-refractivity contribution is 0.599.